The van der Waals surface area contributed by atoms with E-state index in [0.29, 0.717) is 11.8 Å². The molecule has 1 amide bonds. The number of hydrogen-bond donors (Lipinski definition) is 2. The normalized spacial score (nSPS) is 10.3. The van der Waals surface area contributed by atoms with Crippen LogP contribution in [0.2, 0.25) is 0 Å². The van der Waals surface area contributed by atoms with Gasteiger partial charge in [-0.25, -0.2) is 5.10 Å². The third-order valence-electron chi connectivity index (χ3n) is 3.21. The molecular formula is C16H15N5O2. The highest BCUT2D eigenvalue weighted by atomic mass is 16.5. The van der Waals surface area contributed by atoms with Gasteiger partial charge >= 0.3 is 0 Å². The van der Waals surface area contributed by atoms with Crippen LogP contribution in [0.15, 0.2) is 48.8 Å². The zero-order valence-electron chi connectivity index (χ0n) is 12.5. The lowest BCUT2D eigenvalue weighted by molar-refractivity contribution is -0.115. The van der Waals surface area contributed by atoms with Gasteiger partial charge in [0.25, 0.3) is 0 Å². The molecule has 0 fully saturated rings. The van der Waals surface area contributed by atoms with Crippen LogP contribution < -0.4 is 10.1 Å². The molecule has 0 bridgehead atoms. The minimum Gasteiger partial charge on any atom is -0.497 e. The summed E-state index contributed by atoms with van der Waals surface area (Å²) in [5.41, 5.74) is 1.71. The van der Waals surface area contributed by atoms with Crippen molar-refractivity contribution < 1.29 is 9.53 Å². The van der Waals surface area contributed by atoms with Crippen molar-refractivity contribution >= 4 is 11.9 Å². The van der Waals surface area contributed by atoms with Crippen LogP contribution in [-0.2, 0) is 11.2 Å². The Morgan fingerprint density at radius 1 is 1.17 bits per heavy atom. The number of anilines is 1. The molecule has 7 heteroatoms. The Bertz CT molecular complexity index is 784. The summed E-state index contributed by atoms with van der Waals surface area (Å²) < 4.78 is 5.09. The Balaban J connectivity index is 1.63. The number of nitrogens with zero attached hydrogens (tertiary/aromatic N) is 3. The summed E-state index contributed by atoms with van der Waals surface area (Å²) in [5.74, 6) is 1.40. The number of nitrogens with one attached hydrogen (secondary N) is 2. The van der Waals surface area contributed by atoms with Crippen LogP contribution in [0.1, 0.15) is 5.56 Å². The van der Waals surface area contributed by atoms with E-state index in [-0.39, 0.29) is 12.3 Å². The van der Waals surface area contributed by atoms with Crippen LogP contribution in [0.3, 0.4) is 0 Å². The molecule has 3 aromatic rings. The molecule has 0 unspecified atom stereocenters. The number of carbonyl (C=O) groups excluding carboxylic acids is 1. The highest BCUT2D eigenvalue weighted by molar-refractivity contribution is 5.90. The number of rotatable bonds is 5. The van der Waals surface area contributed by atoms with Crippen molar-refractivity contribution in [2.24, 2.45) is 0 Å². The summed E-state index contributed by atoms with van der Waals surface area (Å²) >= 11 is 0. The van der Waals surface area contributed by atoms with E-state index in [2.05, 4.69) is 25.5 Å². The summed E-state index contributed by atoms with van der Waals surface area (Å²) in [5, 5.41) is 9.47. The summed E-state index contributed by atoms with van der Waals surface area (Å²) in [4.78, 5) is 20.2. The lowest BCUT2D eigenvalue weighted by Crippen LogP contribution is -2.15. The van der Waals surface area contributed by atoms with Crippen molar-refractivity contribution in [1.82, 2.24) is 20.2 Å². The van der Waals surface area contributed by atoms with Crippen LogP contribution in [-0.4, -0.2) is 33.2 Å². The Hall–Kier alpha value is -3.22. The Morgan fingerprint density at radius 2 is 1.91 bits per heavy atom. The topological polar surface area (TPSA) is 92.8 Å². The van der Waals surface area contributed by atoms with Gasteiger partial charge in [-0.05, 0) is 29.8 Å². The monoisotopic (exact) mass is 309 g/mol. The number of ether oxygens (including phenoxy) is 1. The standard InChI is InChI=1S/C16H15N5O2/c1-23-13-4-2-11(3-5-13)10-14(22)18-16-19-15(20-21-16)12-6-8-17-9-7-12/h2-9H,10H2,1H3,(H2,18,19,20,21,22). The first-order valence-corrected chi connectivity index (χ1v) is 7.00. The number of hydrogen-bond acceptors (Lipinski definition) is 5. The molecule has 2 N–H and O–H groups in total. The lowest BCUT2D eigenvalue weighted by atomic mass is 10.1. The number of pyridine rings is 1. The van der Waals surface area contributed by atoms with Crippen molar-refractivity contribution in [2.75, 3.05) is 12.4 Å². The molecule has 7 nitrogen and oxygen atoms in total. The zero-order chi connectivity index (χ0) is 16.1. The second-order valence-corrected chi connectivity index (χ2v) is 4.82. The molecule has 0 aliphatic carbocycles. The van der Waals surface area contributed by atoms with Gasteiger partial charge in [0.1, 0.15) is 5.75 Å². The van der Waals surface area contributed by atoms with Crippen LogP contribution in [0.5, 0.6) is 5.75 Å². The van der Waals surface area contributed by atoms with E-state index in [4.69, 9.17) is 4.74 Å². The Labute approximate surface area is 132 Å². The number of benzene rings is 1. The van der Waals surface area contributed by atoms with Crippen molar-refractivity contribution in [3.05, 3.63) is 54.4 Å². The van der Waals surface area contributed by atoms with Gasteiger partial charge in [-0.15, -0.1) is 0 Å². The second kappa shape index (κ2) is 6.69. The van der Waals surface area contributed by atoms with Gasteiger partial charge < -0.3 is 4.74 Å². The molecule has 116 valence electrons. The van der Waals surface area contributed by atoms with Gasteiger partial charge in [0.2, 0.25) is 11.9 Å². The van der Waals surface area contributed by atoms with E-state index in [9.17, 15) is 4.79 Å². The maximum Gasteiger partial charge on any atom is 0.231 e. The molecule has 2 aromatic heterocycles. The highest BCUT2D eigenvalue weighted by Gasteiger charge is 2.09. The molecule has 0 saturated carbocycles. The molecule has 0 atom stereocenters. The maximum absolute atomic E-state index is 12.0. The predicted molar refractivity (Wildman–Crippen MR) is 84.9 cm³/mol. The van der Waals surface area contributed by atoms with Crippen LogP contribution in [0, 0.1) is 0 Å². The van der Waals surface area contributed by atoms with Gasteiger partial charge in [0.05, 0.1) is 13.5 Å². The molecule has 0 spiro atoms. The molecule has 1 aromatic carbocycles. The molecule has 0 saturated heterocycles. The number of carbonyl (C=O) groups is 1. The Kier molecular flexibility index (Phi) is 4.28. The number of amides is 1. The van der Waals surface area contributed by atoms with E-state index >= 15 is 0 Å². The van der Waals surface area contributed by atoms with E-state index in [0.717, 1.165) is 16.9 Å². The molecule has 2 heterocycles. The average Bonchev–Trinajstić information content (AvgIpc) is 3.04. The number of aromatic amines is 1. The summed E-state index contributed by atoms with van der Waals surface area (Å²) in [6.45, 7) is 0. The summed E-state index contributed by atoms with van der Waals surface area (Å²) in [7, 11) is 1.60. The van der Waals surface area contributed by atoms with E-state index in [1.165, 1.54) is 0 Å². The SMILES string of the molecule is COc1ccc(CC(=O)Nc2nc(-c3ccncc3)n[nH]2)cc1. The molecule has 0 aliphatic heterocycles. The average molecular weight is 309 g/mol. The molecule has 0 aliphatic rings. The van der Waals surface area contributed by atoms with Crippen LogP contribution in [0.4, 0.5) is 5.95 Å². The first-order valence-electron chi connectivity index (χ1n) is 7.00. The molecule has 23 heavy (non-hydrogen) atoms. The summed E-state index contributed by atoms with van der Waals surface area (Å²) in [6.07, 6.45) is 3.57. The van der Waals surface area contributed by atoms with Gasteiger partial charge in [-0.3, -0.25) is 15.1 Å². The van der Waals surface area contributed by atoms with Gasteiger partial charge in [0, 0.05) is 18.0 Å². The second-order valence-electron chi connectivity index (χ2n) is 4.82. The van der Waals surface area contributed by atoms with Gasteiger partial charge in [0.15, 0.2) is 5.82 Å². The number of H-pyrrole nitrogens is 1. The van der Waals surface area contributed by atoms with E-state index in [1.807, 2.05) is 24.3 Å². The smallest absolute Gasteiger partial charge is 0.231 e. The maximum atomic E-state index is 12.0. The largest absolute Gasteiger partial charge is 0.497 e. The first kappa shape index (κ1) is 14.7. The molecule has 3 rings (SSSR count). The minimum atomic E-state index is -0.174. The lowest BCUT2D eigenvalue weighted by Gasteiger charge is -2.03. The van der Waals surface area contributed by atoms with E-state index in [1.54, 1.807) is 31.6 Å². The fraction of sp³-hybridized carbons (Fsp3) is 0.125. The highest BCUT2D eigenvalue weighted by Crippen LogP contribution is 2.15. The molecular weight excluding hydrogens is 294 g/mol. The molecule has 0 radical (unpaired) electrons. The first-order chi connectivity index (χ1) is 11.2. The van der Waals surface area contributed by atoms with Crippen molar-refractivity contribution in [1.29, 1.82) is 0 Å². The fourth-order valence-corrected chi connectivity index (χ4v) is 2.05. The quantitative estimate of drug-likeness (QED) is 0.752. The fourth-order valence-electron chi connectivity index (χ4n) is 2.05. The zero-order valence-corrected chi connectivity index (χ0v) is 12.5. The third-order valence-corrected chi connectivity index (χ3v) is 3.21. The Morgan fingerprint density at radius 3 is 2.61 bits per heavy atom. The van der Waals surface area contributed by atoms with Crippen LogP contribution in [0.25, 0.3) is 11.4 Å². The minimum absolute atomic E-state index is 0.174. The van der Waals surface area contributed by atoms with Crippen molar-refractivity contribution in [3.8, 4) is 17.1 Å². The van der Waals surface area contributed by atoms with Gasteiger partial charge in [-0.2, -0.15) is 10.1 Å². The van der Waals surface area contributed by atoms with E-state index < -0.39 is 0 Å². The van der Waals surface area contributed by atoms with Crippen LogP contribution >= 0.6 is 0 Å². The number of methoxy groups -OCH3 is 1. The number of aromatic nitrogens is 4. The van der Waals surface area contributed by atoms with Gasteiger partial charge in [-0.1, -0.05) is 12.1 Å². The van der Waals surface area contributed by atoms with Crippen molar-refractivity contribution in [2.45, 2.75) is 6.42 Å². The summed E-state index contributed by atoms with van der Waals surface area (Å²) in [6, 6.07) is 10.9. The third kappa shape index (κ3) is 3.70. The van der Waals surface area contributed by atoms with Crippen molar-refractivity contribution in [3.63, 3.8) is 0 Å². The predicted octanol–water partition coefficient (Wildman–Crippen LogP) is 2.06.